The van der Waals surface area contributed by atoms with Crippen molar-refractivity contribution in [3.8, 4) is 0 Å². The van der Waals surface area contributed by atoms with Crippen molar-refractivity contribution in [2.24, 2.45) is 11.8 Å². The number of amides is 1. The highest BCUT2D eigenvalue weighted by Crippen LogP contribution is 2.29. The van der Waals surface area contributed by atoms with E-state index in [0.717, 1.165) is 12.5 Å². The van der Waals surface area contributed by atoms with Crippen LogP contribution in [0.1, 0.15) is 48.0 Å². The fourth-order valence-corrected chi connectivity index (χ4v) is 3.52. The zero-order valence-electron chi connectivity index (χ0n) is 15.0. The Morgan fingerprint density at radius 3 is 2.50 bits per heavy atom. The smallest absolute Gasteiger partial charge is 0.435 e. The highest BCUT2D eigenvalue weighted by Gasteiger charge is 2.34. The van der Waals surface area contributed by atoms with E-state index in [2.05, 4.69) is 18.9 Å². The second-order valence-electron chi connectivity index (χ2n) is 7.25. The van der Waals surface area contributed by atoms with Gasteiger partial charge in [-0.1, -0.05) is 13.8 Å². The molecule has 1 saturated heterocycles. The minimum Gasteiger partial charge on any atom is -0.454 e. The molecule has 2 aromatic heterocycles. The predicted molar refractivity (Wildman–Crippen MR) is 88.6 cm³/mol. The van der Waals surface area contributed by atoms with Gasteiger partial charge in [-0.05, 0) is 43.4 Å². The first-order valence-corrected chi connectivity index (χ1v) is 8.63. The average Bonchev–Trinajstić information content (AvgIpc) is 3.13. The van der Waals surface area contributed by atoms with E-state index in [1.165, 1.54) is 4.68 Å². The third-order valence-electron chi connectivity index (χ3n) is 4.61. The largest absolute Gasteiger partial charge is 0.454 e. The summed E-state index contributed by atoms with van der Waals surface area (Å²) in [5, 5.41) is 3.58. The van der Waals surface area contributed by atoms with E-state index < -0.39 is 11.9 Å². The molecule has 26 heavy (non-hydrogen) atoms. The zero-order chi connectivity index (χ0) is 19.1. The molecule has 142 valence electrons. The molecule has 3 rings (SSSR count). The lowest BCUT2D eigenvalue weighted by molar-refractivity contribution is -0.141. The summed E-state index contributed by atoms with van der Waals surface area (Å²) < 4.78 is 45.1. The van der Waals surface area contributed by atoms with Crippen LogP contribution >= 0.6 is 0 Å². The molecule has 0 unspecified atom stereocenters. The molecule has 1 aliphatic heterocycles. The van der Waals surface area contributed by atoms with Crippen LogP contribution in [0.3, 0.4) is 0 Å². The van der Waals surface area contributed by atoms with Crippen LogP contribution in [-0.2, 0) is 12.7 Å². The number of hydrogen-bond donors (Lipinski definition) is 0. The van der Waals surface area contributed by atoms with Crippen LogP contribution in [0.4, 0.5) is 13.2 Å². The summed E-state index contributed by atoms with van der Waals surface area (Å²) >= 11 is 0. The van der Waals surface area contributed by atoms with Crippen LogP contribution < -0.4 is 0 Å². The van der Waals surface area contributed by atoms with E-state index in [9.17, 15) is 18.0 Å². The summed E-state index contributed by atoms with van der Waals surface area (Å²) in [6.07, 6.45) is -3.39. The van der Waals surface area contributed by atoms with Crippen molar-refractivity contribution in [2.45, 2.75) is 39.9 Å². The number of likely N-dealkylation sites (tertiary alicyclic amines) is 1. The van der Waals surface area contributed by atoms with Gasteiger partial charge in [0.2, 0.25) is 0 Å². The maximum absolute atomic E-state index is 12.7. The van der Waals surface area contributed by atoms with E-state index in [4.69, 9.17) is 4.42 Å². The number of hydrogen-bond acceptors (Lipinski definition) is 3. The molecule has 0 radical (unpaired) electrons. The second-order valence-corrected chi connectivity index (χ2v) is 7.25. The van der Waals surface area contributed by atoms with E-state index in [0.29, 0.717) is 36.4 Å². The molecule has 0 saturated carbocycles. The number of aryl methyl sites for hydroxylation is 1. The number of piperidine rings is 1. The number of rotatable bonds is 3. The fourth-order valence-electron chi connectivity index (χ4n) is 3.52. The molecule has 2 atom stereocenters. The molecule has 2 aromatic rings. The third kappa shape index (κ3) is 3.94. The molecule has 0 bridgehead atoms. The summed E-state index contributed by atoms with van der Waals surface area (Å²) in [6.45, 7) is 7.19. The Bertz CT molecular complexity index is 784. The highest BCUT2D eigenvalue weighted by molar-refractivity contribution is 5.91. The molecule has 1 amide bonds. The number of alkyl halides is 3. The van der Waals surface area contributed by atoms with Crippen LogP contribution in [0.25, 0.3) is 0 Å². The third-order valence-corrected chi connectivity index (χ3v) is 4.61. The summed E-state index contributed by atoms with van der Waals surface area (Å²) in [4.78, 5) is 14.4. The molecule has 1 fully saturated rings. The number of carbonyl (C=O) groups is 1. The van der Waals surface area contributed by atoms with Gasteiger partial charge in [-0.3, -0.25) is 9.48 Å². The first-order chi connectivity index (χ1) is 12.1. The van der Waals surface area contributed by atoms with Crippen molar-refractivity contribution >= 4 is 5.91 Å². The molecule has 3 heterocycles. The van der Waals surface area contributed by atoms with Crippen LogP contribution in [0.5, 0.6) is 0 Å². The average molecular weight is 369 g/mol. The van der Waals surface area contributed by atoms with Crippen LogP contribution in [0.15, 0.2) is 22.6 Å². The first-order valence-electron chi connectivity index (χ1n) is 8.63. The Kier molecular flexibility index (Phi) is 4.86. The Labute approximate surface area is 149 Å². The SMILES string of the molecule is Cc1cc(C(F)(F)F)nn1Cc1ccc(C(=O)N2C[C@H](C)C[C@@H](C)C2)o1. The van der Waals surface area contributed by atoms with Crippen LogP contribution in [-0.4, -0.2) is 33.7 Å². The van der Waals surface area contributed by atoms with E-state index in [1.807, 2.05) is 0 Å². The van der Waals surface area contributed by atoms with Gasteiger partial charge in [-0.15, -0.1) is 0 Å². The molecule has 0 aliphatic carbocycles. The number of furan rings is 1. The lowest BCUT2D eigenvalue weighted by atomic mass is 9.92. The standard InChI is InChI=1S/C18H22F3N3O2/c1-11-6-12(2)9-23(8-11)17(25)15-5-4-14(26-15)10-24-13(3)7-16(22-24)18(19,20)21/h4-5,7,11-12H,6,8-10H2,1-3H3/t11-,12-/m1/s1. The predicted octanol–water partition coefficient (Wildman–Crippen LogP) is 3.97. The van der Waals surface area contributed by atoms with Gasteiger partial charge in [0.15, 0.2) is 11.5 Å². The van der Waals surface area contributed by atoms with Gasteiger partial charge in [0.25, 0.3) is 5.91 Å². The lowest BCUT2D eigenvalue weighted by Crippen LogP contribution is -2.42. The minimum absolute atomic E-state index is 0.0436. The molecular weight excluding hydrogens is 347 g/mol. The molecule has 0 spiro atoms. The fraction of sp³-hybridized carbons (Fsp3) is 0.556. The molecule has 1 aliphatic rings. The van der Waals surface area contributed by atoms with Gasteiger partial charge in [0, 0.05) is 18.8 Å². The Morgan fingerprint density at radius 1 is 1.27 bits per heavy atom. The van der Waals surface area contributed by atoms with Gasteiger partial charge in [0.1, 0.15) is 5.76 Å². The van der Waals surface area contributed by atoms with Crippen molar-refractivity contribution in [3.63, 3.8) is 0 Å². The van der Waals surface area contributed by atoms with Gasteiger partial charge in [0.05, 0.1) is 6.54 Å². The van der Waals surface area contributed by atoms with Crippen molar-refractivity contribution < 1.29 is 22.4 Å². The van der Waals surface area contributed by atoms with Crippen molar-refractivity contribution in [3.05, 3.63) is 41.1 Å². The highest BCUT2D eigenvalue weighted by atomic mass is 19.4. The monoisotopic (exact) mass is 369 g/mol. The Hall–Kier alpha value is -2.25. The van der Waals surface area contributed by atoms with Gasteiger partial charge in [-0.2, -0.15) is 18.3 Å². The van der Waals surface area contributed by atoms with Crippen molar-refractivity contribution in [1.82, 2.24) is 14.7 Å². The lowest BCUT2D eigenvalue weighted by Gasteiger charge is -2.34. The number of carbonyl (C=O) groups excluding carboxylic acids is 1. The summed E-state index contributed by atoms with van der Waals surface area (Å²) in [5.41, 5.74) is -0.561. The maximum atomic E-state index is 12.7. The van der Waals surface area contributed by atoms with E-state index in [-0.39, 0.29) is 18.2 Å². The van der Waals surface area contributed by atoms with Crippen LogP contribution in [0, 0.1) is 18.8 Å². The maximum Gasteiger partial charge on any atom is 0.435 e. The number of aromatic nitrogens is 2. The Morgan fingerprint density at radius 2 is 1.92 bits per heavy atom. The second kappa shape index (κ2) is 6.81. The summed E-state index contributed by atoms with van der Waals surface area (Å²) in [5.74, 6) is 1.30. The normalized spacial score (nSPS) is 21.2. The first kappa shape index (κ1) is 18.5. The molecule has 0 N–H and O–H groups in total. The molecule has 8 heteroatoms. The summed E-state index contributed by atoms with van der Waals surface area (Å²) in [7, 11) is 0. The van der Waals surface area contributed by atoms with Gasteiger partial charge in [-0.25, -0.2) is 0 Å². The quantitative estimate of drug-likeness (QED) is 0.823. The van der Waals surface area contributed by atoms with Crippen molar-refractivity contribution in [2.75, 3.05) is 13.1 Å². The van der Waals surface area contributed by atoms with Crippen LogP contribution in [0.2, 0.25) is 0 Å². The molecule has 0 aromatic carbocycles. The number of nitrogens with zero attached hydrogens (tertiary/aromatic N) is 3. The topological polar surface area (TPSA) is 51.3 Å². The van der Waals surface area contributed by atoms with Gasteiger partial charge < -0.3 is 9.32 Å². The number of halogens is 3. The Balaban J connectivity index is 1.72. The minimum atomic E-state index is -4.48. The van der Waals surface area contributed by atoms with Gasteiger partial charge >= 0.3 is 6.18 Å². The van der Waals surface area contributed by atoms with E-state index in [1.54, 1.807) is 24.0 Å². The summed E-state index contributed by atoms with van der Waals surface area (Å²) in [6, 6.07) is 4.18. The van der Waals surface area contributed by atoms with Crippen molar-refractivity contribution in [1.29, 1.82) is 0 Å². The van der Waals surface area contributed by atoms with E-state index >= 15 is 0 Å². The molecule has 5 nitrogen and oxygen atoms in total. The molecular formula is C18H22F3N3O2. The zero-order valence-corrected chi connectivity index (χ0v) is 15.0.